The summed E-state index contributed by atoms with van der Waals surface area (Å²) in [5, 5.41) is 0. The molecule has 1 fully saturated rings. The fourth-order valence-electron chi connectivity index (χ4n) is 4.17. The van der Waals surface area contributed by atoms with Crippen molar-refractivity contribution in [3.63, 3.8) is 0 Å². The molecular weight excluding hydrogens is 400 g/mol. The number of hydrogen-bond acceptors (Lipinski definition) is 5. The minimum atomic E-state index is 0.0379. The quantitative estimate of drug-likeness (QED) is 0.598. The van der Waals surface area contributed by atoms with E-state index < -0.39 is 0 Å². The number of piperazine rings is 1. The molecule has 32 heavy (non-hydrogen) atoms. The highest BCUT2D eigenvalue weighted by atomic mass is 16.5. The molecule has 0 unspecified atom stereocenters. The summed E-state index contributed by atoms with van der Waals surface area (Å²) in [6.45, 7) is 7.11. The van der Waals surface area contributed by atoms with Gasteiger partial charge in [0.25, 0.3) is 0 Å². The van der Waals surface area contributed by atoms with Gasteiger partial charge in [0, 0.05) is 56.5 Å². The van der Waals surface area contributed by atoms with Gasteiger partial charge in [-0.05, 0) is 19.4 Å². The molecular formula is C26H30N4O2. The van der Waals surface area contributed by atoms with E-state index in [4.69, 9.17) is 14.7 Å². The Morgan fingerprint density at radius 1 is 0.969 bits per heavy atom. The second kappa shape index (κ2) is 9.92. The summed E-state index contributed by atoms with van der Waals surface area (Å²) in [6.07, 6.45) is 0.779. The third-order valence-electron chi connectivity index (χ3n) is 5.89. The maximum absolute atomic E-state index is 12.2. The summed E-state index contributed by atoms with van der Waals surface area (Å²) in [4.78, 5) is 26.3. The fraction of sp³-hybridized carbons (Fsp3) is 0.346. The van der Waals surface area contributed by atoms with Gasteiger partial charge in [0.2, 0.25) is 5.91 Å². The molecule has 1 aliphatic heterocycles. The Bertz CT molecular complexity index is 1080. The molecule has 0 spiro atoms. The van der Waals surface area contributed by atoms with Crippen LogP contribution < -0.4 is 4.90 Å². The Kier molecular flexibility index (Phi) is 6.81. The van der Waals surface area contributed by atoms with E-state index in [0.717, 1.165) is 48.0 Å². The van der Waals surface area contributed by atoms with Gasteiger partial charge in [-0.25, -0.2) is 9.97 Å². The van der Waals surface area contributed by atoms with E-state index in [9.17, 15) is 4.79 Å². The van der Waals surface area contributed by atoms with Crippen molar-refractivity contribution in [2.45, 2.75) is 20.3 Å². The molecule has 6 heteroatoms. The second-order valence-corrected chi connectivity index (χ2v) is 8.27. The van der Waals surface area contributed by atoms with Crippen LogP contribution in [0.4, 0.5) is 5.82 Å². The van der Waals surface area contributed by atoms with Crippen LogP contribution >= 0.6 is 0 Å². The van der Waals surface area contributed by atoms with E-state index >= 15 is 0 Å². The number of aromatic nitrogens is 2. The Morgan fingerprint density at radius 3 is 2.41 bits per heavy atom. The molecule has 0 radical (unpaired) electrons. The van der Waals surface area contributed by atoms with Crippen molar-refractivity contribution in [3.8, 4) is 11.4 Å². The lowest BCUT2D eigenvalue weighted by molar-refractivity contribution is -0.135. The topological polar surface area (TPSA) is 58.6 Å². The molecule has 1 aliphatic rings. The highest BCUT2D eigenvalue weighted by Gasteiger charge is 2.25. The predicted molar refractivity (Wildman–Crippen MR) is 127 cm³/mol. The Morgan fingerprint density at radius 2 is 1.72 bits per heavy atom. The van der Waals surface area contributed by atoms with E-state index in [1.54, 1.807) is 7.11 Å². The number of rotatable bonds is 6. The van der Waals surface area contributed by atoms with Crippen LogP contribution in [0.2, 0.25) is 0 Å². The Hall–Kier alpha value is -3.25. The molecule has 6 nitrogen and oxygen atoms in total. The number of aryl methyl sites for hydroxylation is 2. The van der Waals surface area contributed by atoms with Crippen LogP contribution in [0.5, 0.6) is 0 Å². The van der Waals surface area contributed by atoms with Gasteiger partial charge in [-0.3, -0.25) is 4.79 Å². The van der Waals surface area contributed by atoms with Gasteiger partial charge in [0.15, 0.2) is 5.82 Å². The van der Waals surface area contributed by atoms with E-state index in [0.29, 0.717) is 13.1 Å². The van der Waals surface area contributed by atoms with Gasteiger partial charge >= 0.3 is 0 Å². The van der Waals surface area contributed by atoms with Crippen LogP contribution in [-0.4, -0.2) is 60.7 Å². The molecule has 1 saturated heterocycles. The first-order valence-electron chi connectivity index (χ1n) is 11.1. The van der Waals surface area contributed by atoms with Crippen LogP contribution in [0, 0.1) is 13.8 Å². The smallest absolute Gasteiger partial charge is 0.248 e. The first-order valence-corrected chi connectivity index (χ1v) is 11.1. The van der Waals surface area contributed by atoms with Gasteiger partial charge in [0.1, 0.15) is 12.4 Å². The molecule has 1 amide bonds. The molecule has 4 rings (SSSR count). The number of amides is 1. The van der Waals surface area contributed by atoms with E-state index in [1.807, 2.05) is 35.2 Å². The Labute approximate surface area is 189 Å². The number of carbonyl (C=O) groups is 1. The molecule has 2 heterocycles. The second-order valence-electron chi connectivity index (χ2n) is 8.27. The maximum Gasteiger partial charge on any atom is 0.248 e. The molecule has 0 aliphatic carbocycles. The zero-order chi connectivity index (χ0) is 22.5. The summed E-state index contributed by atoms with van der Waals surface area (Å²) in [7, 11) is 1.56. The van der Waals surface area contributed by atoms with Crippen molar-refractivity contribution < 1.29 is 9.53 Å². The highest BCUT2D eigenvalue weighted by Crippen LogP contribution is 2.28. The normalized spacial score (nSPS) is 14.0. The van der Waals surface area contributed by atoms with Crippen LogP contribution in [0.1, 0.15) is 22.4 Å². The third-order valence-corrected chi connectivity index (χ3v) is 5.89. The number of ether oxygens (including phenoxy) is 1. The molecule has 0 bridgehead atoms. The Balaban J connectivity index is 1.68. The predicted octanol–water partition coefficient (Wildman–Crippen LogP) is 3.65. The fourth-order valence-corrected chi connectivity index (χ4v) is 4.17. The lowest BCUT2D eigenvalue weighted by atomic mass is 10.0. The summed E-state index contributed by atoms with van der Waals surface area (Å²) in [6, 6.07) is 18.7. The van der Waals surface area contributed by atoms with E-state index in [1.165, 1.54) is 11.1 Å². The van der Waals surface area contributed by atoms with Gasteiger partial charge in [0.05, 0.1) is 0 Å². The van der Waals surface area contributed by atoms with Crippen molar-refractivity contribution in [1.29, 1.82) is 0 Å². The first kappa shape index (κ1) is 22.0. The third kappa shape index (κ3) is 4.97. The summed E-state index contributed by atoms with van der Waals surface area (Å²) < 4.78 is 5.02. The monoisotopic (exact) mass is 430 g/mol. The van der Waals surface area contributed by atoms with Crippen LogP contribution in [-0.2, 0) is 16.0 Å². The molecule has 3 aromatic rings. The number of anilines is 1. The lowest BCUT2D eigenvalue weighted by Gasteiger charge is -2.36. The molecule has 0 N–H and O–H groups in total. The SMILES string of the molecule is COCC(=O)N1CCN(c2nc(-c3ccccc3)nc(C)c2Cc2cccc(C)c2)CC1. The van der Waals surface area contributed by atoms with Crippen LogP contribution in [0.3, 0.4) is 0 Å². The van der Waals surface area contributed by atoms with Crippen molar-refractivity contribution in [1.82, 2.24) is 14.9 Å². The van der Waals surface area contributed by atoms with E-state index in [-0.39, 0.29) is 12.5 Å². The molecule has 0 atom stereocenters. The van der Waals surface area contributed by atoms with Crippen LogP contribution in [0.25, 0.3) is 11.4 Å². The number of carbonyl (C=O) groups excluding carboxylic acids is 1. The molecule has 2 aromatic carbocycles. The molecule has 166 valence electrons. The lowest BCUT2D eigenvalue weighted by Crippen LogP contribution is -2.50. The average molecular weight is 431 g/mol. The van der Waals surface area contributed by atoms with Gasteiger partial charge in [-0.15, -0.1) is 0 Å². The molecule has 0 saturated carbocycles. The standard InChI is InChI=1S/C26H30N4O2/c1-19-8-7-9-21(16-19)17-23-20(2)27-25(22-10-5-4-6-11-22)28-26(23)30-14-12-29(13-15-30)24(31)18-32-3/h4-11,16H,12-15,17-18H2,1-3H3. The number of benzene rings is 2. The molecule has 1 aromatic heterocycles. The van der Waals surface area contributed by atoms with Crippen molar-refractivity contribution in [2.75, 3.05) is 44.8 Å². The minimum absolute atomic E-state index is 0.0379. The van der Waals surface area contributed by atoms with Gasteiger partial charge in [-0.1, -0.05) is 60.2 Å². The summed E-state index contributed by atoms with van der Waals surface area (Å²) >= 11 is 0. The summed E-state index contributed by atoms with van der Waals surface area (Å²) in [5.74, 6) is 1.75. The summed E-state index contributed by atoms with van der Waals surface area (Å²) in [5.41, 5.74) is 5.64. The number of nitrogens with zero attached hydrogens (tertiary/aromatic N) is 4. The van der Waals surface area contributed by atoms with Crippen molar-refractivity contribution >= 4 is 11.7 Å². The van der Waals surface area contributed by atoms with Gasteiger partial charge in [-0.2, -0.15) is 0 Å². The largest absolute Gasteiger partial charge is 0.375 e. The first-order chi connectivity index (χ1) is 15.5. The average Bonchev–Trinajstić information content (AvgIpc) is 2.81. The zero-order valence-electron chi connectivity index (χ0n) is 19.0. The van der Waals surface area contributed by atoms with E-state index in [2.05, 4.69) is 43.0 Å². The highest BCUT2D eigenvalue weighted by molar-refractivity contribution is 5.77. The number of methoxy groups -OCH3 is 1. The number of hydrogen-bond donors (Lipinski definition) is 0. The van der Waals surface area contributed by atoms with Crippen LogP contribution in [0.15, 0.2) is 54.6 Å². The zero-order valence-corrected chi connectivity index (χ0v) is 19.0. The minimum Gasteiger partial charge on any atom is -0.375 e. The van der Waals surface area contributed by atoms with Crippen molar-refractivity contribution in [2.24, 2.45) is 0 Å². The van der Waals surface area contributed by atoms with Gasteiger partial charge < -0.3 is 14.5 Å². The van der Waals surface area contributed by atoms with Crippen molar-refractivity contribution in [3.05, 3.63) is 77.0 Å². The maximum atomic E-state index is 12.2.